The van der Waals surface area contributed by atoms with E-state index in [4.69, 9.17) is 11.2 Å². The van der Waals surface area contributed by atoms with E-state index in [0.29, 0.717) is 0 Å². The molecule has 0 aliphatic rings. The van der Waals surface area contributed by atoms with E-state index in [1.54, 1.807) is 0 Å². The Labute approximate surface area is 99.8 Å². The molecule has 3 nitrogen and oxygen atoms in total. The maximum Gasteiger partial charge on any atom is 0.408 e. The first-order valence-corrected chi connectivity index (χ1v) is 5.79. The average Bonchev–Trinajstić information content (AvgIpc) is 2.63. The summed E-state index contributed by atoms with van der Waals surface area (Å²) in [5.41, 5.74) is -0.515. The normalized spacial score (nSPS) is 12.6. The lowest BCUT2D eigenvalue weighted by Crippen LogP contribution is -2.34. The van der Waals surface area contributed by atoms with E-state index < -0.39 is 17.7 Å². The monoisotopic (exact) mass is 237 g/mol. The molecule has 16 heavy (non-hydrogen) atoms. The van der Waals surface area contributed by atoms with Crippen molar-refractivity contribution in [3.05, 3.63) is 22.4 Å². The molecule has 1 N–H and O–H groups in total. The molecular formula is C12H15NO2S. The van der Waals surface area contributed by atoms with E-state index in [1.807, 2.05) is 38.3 Å². The molecule has 0 radical (unpaired) electrons. The second-order valence-corrected chi connectivity index (χ2v) is 5.24. The Hall–Kier alpha value is -1.47. The first-order valence-electron chi connectivity index (χ1n) is 4.91. The van der Waals surface area contributed by atoms with Crippen LogP contribution in [-0.2, 0) is 4.74 Å². The van der Waals surface area contributed by atoms with Crippen LogP contribution in [0.15, 0.2) is 17.5 Å². The molecule has 1 heterocycles. The highest BCUT2D eigenvalue weighted by molar-refractivity contribution is 7.10. The number of thiophene rings is 1. The Morgan fingerprint density at radius 1 is 1.62 bits per heavy atom. The van der Waals surface area contributed by atoms with Crippen LogP contribution in [0.3, 0.4) is 0 Å². The van der Waals surface area contributed by atoms with Gasteiger partial charge in [-0.25, -0.2) is 4.79 Å². The van der Waals surface area contributed by atoms with Gasteiger partial charge < -0.3 is 10.1 Å². The summed E-state index contributed by atoms with van der Waals surface area (Å²) >= 11 is 1.50. The predicted molar refractivity (Wildman–Crippen MR) is 65.3 cm³/mol. The van der Waals surface area contributed by atoms with E-state index in [2.05, 4.69) is 11.2 Å². The lowest BCUT2D eigenvalue weighted by molar-refractivity contribution is 0.0516. The van der Waals surface area contributed by atoms with Gasteiger partial charge in [0.1, 0.15) is 11.6 Å². The first-order chi connectivity index (χ1) is 7.42. The molecule has 0 aromatic carbocycles. The van der Waals surface area contributed by atoms with Gasteiger partial charge in [0.15, 0.2) is 0 Å². The number of hydrogen-bond donors (Lipinski definition) is 1. The van der Waals surface area contributed by atoms with Crippen molar-refractivity contribution >= 4 is 17.4 Å². The second kappa shape index (κ2) is 5.04. The number of terminal acetylenes is 1. The van der Waals surface area contributed by atoms with Gasteiger partial charge in [-0.15, -0.1) is 17.8 Å². The molecule has 0 saturated heterocycles. The summed E-state index contributed by atoms with van der Waals surface area (Å²) in [5, 5.41) is 4.55. The fourth-order valence-corrected chi connectivity index (χ4v) is 1.81. The maximum atomic E-state index is 11.5. The lowest BCUT2D eigenvalue weighted by Gasteiger charge is -2.21. The zero-order valence-corrected chi connectivity index (χ0v) is 10.4. The minimum absolute atomic E-state index is 0.421. The molecule has 0 aliphatic carbocycles. The topological polar surface area (TPSA) is 38.3 Å². The van der Waals surface area contributed by atoms with Gasteiger partial charge in [0.2, 0.25) is 0 Å². The number of carbonyl (C=O) groups is 1. The third-order valence-electron chi connectivity index (χ3n) is 1.66. The number of alkyl carbamates (subject to hydrolysis) is 1. The van der Waals surface area contributed by atoms with Crippen LogP contribution in [0.4, 0.5) is 4.79 Å². The van der Waals surface area contributed by atoms with Crippen LogP contribution in [0.2, 0.25) is 0 Å². The van der Waals surface area contributed by atoms with Crippen molar-refractivity contribution in [2.75, 3.05) is 0 Å². The van der Waals surface area contributed by atoms with Gasteiger partial charge in [-0.05, 0) is 32.2 Å². The molecule has 0 bridgehead atoms. The fourth-order valence-electron chi connectivity index (χ4n) is 1.08. The standard InChI is InChI=1S/C12H15NO2S/c1-5-9(10-7-6-8-16-10)13-11(14)15-12(2,3)4/h1,6-9H,2-4H3,(H,13,14). The zero-order valence-electron chi connectivity index (χ0n) is 9.61. The Morgan fingerprint density at radius 3 is 2.75 bits per heavy atom. The van der Waals surface area contributed by atoms with Gasteiger partial charge in [-0.2, -0.15) is 0 Å². The molecule has 86 valence electrons. The number of ether oxygens (including phenoxy) is 1. The highest BCUT2D eigenvalue weighted by Crippen LogP contribution is 2.18. The van der Waals surface area contributed by atoms with Crippen LogP contribution >= 0.6 is 11.3 Å². The highest BCUT2D eigenvalue weighted by Gasteiger charge is 2.19. The molecule has 0 aliphatic heterocycles. The molecule has 1 amide bonds. The van der Waals surface area contributed by atoms with E-state index in [9.17, 15) is 4.79 Å². The highest BCUT2D eigenvalue weighted by atomic mass is 32.1. The molecule has 1 aromatic heterocycles. The maximum absolute atomic E-state index is 11.5. The van der Waals surface area contributed by atoms with Gasteiger partial charge in [-0.3, -0.25) is 0 Å². The van der Waals surface area contributed by atoms with E-state index in [1.165, 1.54) is 11.3 Å². The number of hydrogen-bond acceptors (Lipinski definition) is 3. The van der Waals surface area contributed by atoms with Gasteiger partial charge in [-0.1, -0.05) is 12.0 Å². The van der Waals surface area contributed by atoms with Gasteiger partial charge in [0, 0.05) is 4.88 Å². The van der Waals surface area contributed by atoms with Crippen LogP contribution in [0, 0.1) is 12.3 Å². The fraction of sp³-hybridized carbons (Fsp3) is 0.417. The van der Waals surface area contributed by atoms with E-state index >= 15 is 0 Å². The number of nitrogens with one attached hydrogen (secondary N) is 1. The summed E-state index contributed by atoms with van der Waals surface area (Å²) in [4.78, 5) is 12.4. The summed E-state index contributed by atoms with van der Waals surface area (Å²) in [7, 11) is 0. The van der Waals surface area contributed by atoms with Crippen LogP contribution in [0.25, 0.3) is 0 Å². The van der Waals surface area contributed by atoms with Crippen molar-refractivity contribution in [1.82, 2.24) is 5.32 Å². The minimum Gasteiger partial charge on any atom is -0.444 e. The summed E-state index contributed by atoms with van der Waals surface area (Å²) in [6.07, 6.45) is 4.87. The quantitative estimate of drug-likeness (QED) is 0.803. The summed E-state index contributed by atoms with van der Waals surface area (Å²) in [6.45, 7) is 5.42. The third kappa shape index (κ3) is 3.95. The Balaban J connectivity index is 2.59. The van der Waals surface area contributed by atoms with Crippen LogP contribution in [-0.4, -0.2) is 11.7 Å². The lowest BCUT2D eigenvalue weighted by atomic mass is 10.2. The Kier molecular flexibility index (Phi) is 3.97. The molecule has 1 unspecified atom stereocenters. The zero-order chi connectivity index (χ0) is 12.2. The molecular weight excluding hydrogens is 222 g/mol. The van der Waals surface area contributed by atoms with E-state index in [-0.39, 0.29) is 0 Å². The second-order valence-electron chi connectivity index (χ2n) is 4.26. The Morgan fingerprint density at radius 2 is 2.31 bits per heavy atom. The van der Waals surface area contributed by atoms with Gasteiger partial charge in [0.05, 0.1) is 0 Å². The smallest absolute Gasteiger partial charge is 0.408 e. The SMILES string of the molecule is C#CC(NC(=O)OC(C)(C)C)c1cccs1. The predicted octanol–water partition coefficient (Wildman–Crippen LogP) is 2.95. The molecule has 1 atom stereocenters. The van der Waals surface area contributed by atoms with Crippen molar-refractivity contribution in [1.29, 1.82) is 0 Å². The van der Waals surface area contributed by atoms with E-state index in [0.717, 1.165) is 4.88 Å². The van der Waals surface area contributed by atoms with Gasteiger partial charge >= 0.3 is 6.09 Å². The van der Waals surface area contributed by atoms with Crippen LogP contribution in [0.5, 0.6) is 0 Å². The van der Waals surface area contributed by atoms with Crippen molar-refractivity contribution in [3.8, 4) is 12.3 Å². The van der Waals surface area contributed by atoms with Crippen molar-refractivity contribution in [2.24, 2.45) is 0 Å². The third-order valence-corrected chi connectivity index (χ3v) is 2.59. The van der Waals surface area contributed by atoms with Crippen LogP contribution in [0.1, 0.15) is 31.7 Å². The van der Waals surface area contributed by atoms with Crippen molar-refractivity contribution in [2.45, 2.75) is 32.4 Å². The number of rotatable bonds is 2. The molecule has 1 aromatic rings. The average molecular weight is 237 g/mol. The molecule has 0 fully saturated rings. The van der Waals surface area contributed by atoms with Crippen molar-refractivity contribution < 1.29 is 9.53 Å². The number of amides is 1. The van der Waals surface area contributed by atoms with Gasteiger partial charge in [0.25, 0.3) is 0 Å². The minimum atomic E-state index is -0.515. The van der Waals surface area contributed by atoms with Crippen molar-refractivity contribution in [3.63, 3.8) is 0 Å². The van der Waals surface area contributed by atoms with Crippen LogP contribution < -0.4 is 5.32 Å². The molecule has 4 heteroatoms. The molecule has 1 rings (SSSR count). The first kappa shape index (κ1) is 12.6. The summed E-state index contributed by atoms with van der Waals surface area (Å²) < 4.78 is 5.13. The Bertz CT molecular complexity index is 384. The molecule has 0 saturated carbocycles. The largest absolute Gasteiger partial charge is 0.444 e. The number of carbonyl (C=O) groups excluding carboxylic acids is 1. The summed E-state index contributed by atoms with van der Waals surface area (Å²) in [6, 6.07) is 3.35. The summed E-state index contributed by atoms with van der Waals surface area (Å²) in [5.74, 6) is 2.52. The molecule has 0 spiro atoms.